The fraction of sp³-hybridized carbons (Fsp3) is 0.133. The van der Waals surface area contributed by atoms with Crippen LogP contribution < -0.4 is 10.6 Å². The van der Waals surface area contributed by atoms with Crippen molar-refractivity contribution in [2.45, 2.75) is 13.0 Å². The third-order valence-electron chi connectivity index (χ3n) is 6.21. The monoisotopic (exact) mass is 476 g/mol. The zero-order chi connectivity index (χ0) is 24.9. The van der Waals surface area contributed by atoms with E-state index in [1.54, 1.807) is 17.0 Å². The van der Waals surface area contributed by atoms with Gasteiger partial charge in [-0.3, -0.25) is 4.90 Å². The van der Waals surface area contributed by atoms with Gasteiger partial charge in [0.1, 0.15) is 5.75 Å². The predicted molar refractivity (Wildman–Crippen MR) is 146 cm³/mol. The quantitative estimate of drug-likeness (QED) is 0.356. The number of allylic oxidation sites excluding steroid dienone is 1. The molecular weight excluding hydrogens is 448 g/mol. The summed E-state index contributed by atoms with van der Waals surface area (Å²) in [5, 5.41) is 18.2. The third kappa shape index (κ3) is 4.99. The Balaban J connectivity index is 1.55. The van der Waals surface area contributed by atoms with Crippen molar-refractivity contribution < 1.29 is 9.90 Å². The molecule has 1 aliphatic heterocycles. The van der Waals surface area contributed by atoms with Crippen LogP contribution in [-0.2, 0) is 6.54 Å². The second kappa shape index (κ2) is 10.5. The largest absolute Gasteiger partial charge is 0.508 e. The lowest BCUT2D eigenvalue weighted by molar-refractivity contribution is 0.206. The van der Waals surface area contributed by atoms with Gasteiger partial charge < -0.3 is 10.8 Å². The molecule has 0 aromatic heterocycles. The molecule has 3 N–H and O–H groups in total. The number of rotatable bonds is 7. The molecule has 5 rings (SSSR count). The Labute approximate surface area is 210 Å². The zero-order valence-corrected chi connectivity index (χ0v) is 19.9. The maximum absolute atomic E-state index is 13.8. The molecule has 180 valence electrons. The van der Waals surface area contributed by atoms with E-state index in [1.165, 1.54) is 10.4 Å². The Morgan fingerprint density at radius 1 is 0.861 bits per heavy atom. The van der Waals surface area contributed by atoms with E-state index in [-0.39, 0.29) is 11.8 Å². The molecular formula is C30H28N4O2. The van der Waals surface area contributed by atoms with E-state index in [0.717, 1.165) is 27.8 Å². The average Bonchev–Trinajstić information content (AvgIpc) is 3.02. The number of anilines is 1. The number of amides is 2. The van der Waals surface area contributed by atoms with Gasteiger partial charge in [-0.15, -0.1) is 0 Å². The summed E-state index contributed by atoms with van der Waals surface area (Å²) in [5.74, 6) is 0.215. The van der Waals surface area contributed by atoms with Crippen LogP contribution in [0.3, 0.4) is 0 Å². The Hall–Kier alpha value is -4.42. The SMILES string of the molecule is NCCCN1N=C(/C=C/c2ccc(O)cc2)c2ccccc2N(Cc2ccc3ccccc3c2)C1=O. The molecule has 6 heteroatoms. The number of hydrazone groups is 1. The van der Waals surface area contributed by atoms with Gasteiger partial charge in [-0.25, -0.2) is 9.80 Å². The first-order valence-corrected chi connectivity index (χ1v) is 12.0. The van der Waals surface area contributed by atoms with Crippen molar-refractivity contribution in [3.05, 3.63) is 114 Å². The van der Waals surface area contributed by atoms with E-state index in [1.807, 2.05) is 60.7 Å². The molecule has 2 amide bonds. The normalized spacial score (nSPS) is 13.7. The summed E-state index contributed by atoms with van der Waals surface area (Å²) >= 11 is 0. The van der Waals surface area contributed by atoms with E-state index in [4.69, 9.17) is 10.8 Å². The number of benzene rings is 4. The van der Waals surface area contributed by atoms with Gasteiger partial charge in [0.15, 0.2) is 0 Å². The summed E-state index contributed by atoms with van der Waals surface area (Å²) in [6, 6.07) is 29.1. The topological polar surface area (TPSA) is 82.2 Å². The molecule has 0 radical (unpaired) electrons. The van der Waals surface area contributed by atoms with Crippen molar-refractivity contribution in [3.63, 3.8) is 0 Å². The van der Waals surface area contributed by atoms with E-state index in [2.05, 4.69) is 30.3 Å². The van der Waals surface area contributed by atoms with Gasteiger partial charge in [0.2, 0.25) is 0 Å². The molecule has 0 spiro atoms. The second-order valence-electron chi connectivity index (χ2n) is 8.74. The van der Waals surface area contributed by atoms with Crippen LogP contribution in [0.5, 0.6) is 5.75 Å². The van der Waals surface area contributed by atoms with Gasteiger partial charge in [-0.05, 0) is 65.2 Å². The molecule has 0 unspecified atom stereocenters. The maximum atomic E-state index is 13.8. The highest BCUT2D eigenvalue weighted by atomic mass is 16.3. The highest BCUT2D eigenvalue weighted by molar-refractivity contribution is 6.17. The molecule has 6 nitrogen and oxygen atoms in total. The number of phenols is 1. The second-order valence-corrected chi connectivity index (χ2v) is 8.74. The smallest absolute Gasteiger partial charge is 0.345 e. The van der Waals surface area contributed by atoms with E-state index >= 15 is 0 Å². The summed E-state index contributed by atoms with van der Waals surface area (Å²) in [6.45, 7) is 1.31. The molecule has 0 fully saturated rings. The number of carbonyl (C=O) groups excluding carboxylic acids is 1. The minimum absolute atomic E-state index is 0.183. The standard InChI is InChI=1S/C30H28N4O2/c31-18-5-19-34-30(36)33(21-23-10-14-24-6-1-2-7-25(24)20-23)29-9-4-3-8-27(29)28(32-34)17-13-22-11-15-26(35)16-12-22/h1-4,6-17,20,35H,5,18-19,21,31H2/b17-13+. The van der Waals surface area contributed by atoms with Gasteiger partial charge in [0.05, 0.1) is 17.9 Å². The number of nitrogens with zero attached hydrogens (tertiary/aromatic N) is 3. The Bertz CT molecular complexity index is 1440. The van der Waals surface area contributed by atoms with Crippen LogP contribution in [0.1, 0.15) is 23.1 Å². The van der Waals surface area contributed by atoms with Crippen molar-refractivity contribution in [3.8, 4) is 5.75 Å². The Kier molecular flexibility index (Phi) is 6.78. The van der Waals surface area contributed by atoms with Gasteiger partial charge in [-0.1, -0.05) is 72.8 Å². The number of nitrogens with two attached hydrogens (primary N) is 1. The number of fused-ring (bicyclic) bond motifs is 2. The average molecular weight is 477 g/mol. The van der Waals surface area contributed by atoms with Gasteiger partial charge >= 0.3 is 6.03 Å². The first-order valence-electron chi connectivity index (χ1n) is 12.0. The number of carbonyl (C=O) groups is 1. The van der Waals surface area contributed by atoms with E-state index in [9.17, 15) is 9.90 Å². The van der Waals surface area contributed by atoms with Crippen molar-refractivity contribution in [2.75, 3.05) is 18.0 Å². The van der Waals surface area contributed by atoms with Crippen LogP contribution in [0.2, 0.25) is 0 Å². The lowest BCUT2D eigenvalue weighted by Gasteiger charge is -2.26. The predicted octanol–water partition coefficient (Wildman–Crippen LogP) is 5.75. The summed E-state index contributed by atoms with van der Waals surface area (Å²) < 4.78 is 0. The Morgan fingerprint density at radius 3 is 2.42 bits per heavy atom. The summed E-state index contributed by atoms with van der Waals surface area (Å²) in [7, 11) is 0. The lowest BCUT2D eigenvalue weighted by atomic mass is 10.0. The molecule has 4 aromatic carbocycles. The number of hydrogen-bond acceptors (Lipinski definition) is 4. The van der Waals surface area contributed by atoms with Crippen LogP contribution in [-0.4, -0.2) is 34.9 Å². The van der Waals surface area contributed by atoms with Gasteiger partial charge in [-0.2, -0.15) is 5.10 Å². The van der Waals surface area contributed by atoms with Gasteiger partial charge in [0.25, 0.3) is 0 Å². The maximum Gasteiger partial charge on any atom is 0.345 e. The Morgan fingerprint density at radius 2 is 1.61 bits per heavy atom. The van der Waals surface area contributed by atoms with Crippen molar-refractivity contribution in [1.82, 2.24) is 5.01 Å². The van der Waals surface area contributed by atoms with Crippen LogP contribution >= 0.6 is 0 Å². The molecule has 1 aliphatic rings. The first kappa shape index (κ1) is 23.3. The molecule has 4 aromatic rings. The third-order valence-corrected chi connectivity index (χ3v) is 6.21. The van der Waals surface area contributed by atoms with Crippen molar-refractivity contribution in [2.24, 2.45) is 10.8 Å². The summed E-state index contributed by atoms with van der Waals surface area (Å²) in [6.07, 6.45) is 4.48. The fourth-order valence-electron chi connectivity index (χ4n) is 4.34. The highest BCUT2D eigenvalue weighted by Crippen LogP contribution is 2.29. The van der Waals surface area contributed by atoms with Crippen molar-refractivity contribution in [1.29, 1.82) is 0 Å². The molecule has 0 atom stereocenters. The number of urea groups is 1. The molecule has 0 saturated carbocycles. The van der Waals surface area contributed by atoms with Gasteiger partial charge in [0, 0.05) is 12.1 Å². The fourth-order valence-corrected chi connectivity index (χ4v) is 4.34. The lowest BCUT2D eigenvalue weighted by Crippen LogP contribution is -2.40. The minimum atomic E-state index is -0.183. The minimum Gasteiger partial charge on any atom is -0.508 e. The van der Waals surface area contributed by atoms with Crippen LogP contribution in [0.4, 0.5) is 10.5 Å². The molecule has 1 heterocycles. The van der Waals surface area contributed by atoms with Crippen LogP contribution in [0.15, 0.2) is 102 Å². The number of para-hydroxylation sites is 1. The number of aromatic hydroxyl groups is 1. The molecule has 0 bridgehead atoms. The van der Waals surface area contributed by atoms with Crippen LogP contribution in [0, 0.1) is 0 Å². The number of phenolic OH excluding ortho intramolecular Hbond substituents is 1. The van der Waals surface area contributed by atoms with E-state index in [0.29, 0.717) is 31.8 Å². The van der Waals surface area contributed by atoms with E-state index < -0.39 is 0 Å². The zero-order valence-electron chi connectivity index (χ0n) is 19.9. The molecule has 36 heavy (non-hydrogen) atoms. The highest BCUT2D eigenvalue weighted by Gasteiger charge is 2.29. The van der Waals surface area contributed by atoms with Crippen LogP contribution in [0.25, 0.3) is 16.8 Å². The first-order chi connectivity index (χ1) is 17.6. The summed E-state index contributed by atoms with van der Waals surface area (Å²) in [4.78, 5) is 15.6. The molecule has 0 saturated heterocycles. The number of hydrogen-bond donors (Lipinski definition) is 2. The van der Waals surface area contributed by atoms with Crippen molar-refractivity contribution >= 4 is 34.3 Å². The molecule has 0 aliphatic carbocycles. The summed E-state index contributed by atoms with van der Waals surface area (Å²) in [5.41, 5.74) is 10.1.